The Bertz CT molecular complexity index is 678. The molecule has 0 aliphatic rings. The minimum atomic E-state index is -4.31. The Kier molecular flexibility index (Phi) is 21.3. The lowest BCUT2D eigenvalue weighted by molar-refractivity contribution is -0.870. The number of unbranched alkanes of at least 4 members (excludes halogenated alkanes) is 9. The van der Waals surface area contributed by atoms with Crippen LogP contribution in [-0.4, -0.2) is 73.4 Å². The normalized spacial score (nSPS) is 15.8. The van der Waals surface area contributed by atoms with Crippen LogP contribution in [0.15, 0.2) is 24.3 Å². The molecule has 0 rings (SSSR count). The van der Waals surface area contributed by atoms with E-state index in [9.17, 15) is 19.4 Å². The average Bonchev–Trinajstić information content (AvgIpc) is 2.81. The molecule has 3 N–H and O–H groups in total. The molecule has 0 saturated carbocycles. The first kappa shape index (κ1) is 36.0. The van der Waals surface area contributed by atoms with Gasteiger partial charge in [0.05, 0.1) is 39.9 Å². The SMILES string of the molecule is CCCCCCCC/C=C/CC/C=C/C(O)C(COP(=O)(O)OCC[N+](C)(C)C)NC(=O)CCCCC. The third-order valence-electron chi connectivity index (χ3n) is 5.92. The number of nitrogens with one attached hydrogen (secondary N) is 1. The summed E-state index contributed by atoms with van der Waals surface area (Å²) < 4.78 is 23.0. The summed E-state index contributed by atoms with van der Waals surface area (Å²) in [5.74, 6) is -0.217. The molecule has 8 nitrogen and oxygen atoms in total. The Morgan fingerprint density at radius 1 is 0.892 bits per heavy atom. The van der Waals surface area contributed by atoms with Crippen LogP contribution in [0.1, 0.15) is 97.3 Å². The summed E-state index contributed by atoms with van der Waals surface area (Å²) in [7, 11) is 1.54. The molecule has 9 heteroatoms. The van der Waals surface area contributed by atoms with Crippen molar-refractivity contribution in [3.8, 4) is 0 Å². The summed E-state index contributed by atoms with van der Waals surface area (Å²) >= 11 is 0. The number of hydrogen-bond donors (Lipinski definition) is 3. The van der Waals surface area contributed by atoms with Crippen molar-refractivity contribution in [1.29, 1.82) is 0 Å². The summed E-state index contributed by atoms with van der Waals surface area (Å²) in [6.45, 7) is 4.54. The zero-order chi connectivity index (χ0) is 28.0. The highest BCUT2D eigenvalue weighted by Gasteiger charge is 2.27. The van der Waals surface area contributed by atoms with E-state index >= 15 is 0 Å². The summed E-state index contributed by atoms with van der Waals surface area (Å²) in [6.07, 6.45) is 20.3. The summed E-state index contributed by atoms with van der Waals surface area (Å²) in [6, 6.07) is -0.851. The van der Waals surface area contributed by atoms with Crippen LogP contribution in [0, 0.1) is 0 Å². The Balaban J connectivity index is 4.64. The zero-order valence-corrected chi connectivity index (χ0v) is 25.1. The van der Waals surface area contributed by atoms with E-state index < -0.39 is 20.0 Å². The third-order valence-corrected chi connectivity index (χ3v) is 6.91. The summed E-state index contributed by atoms with van der Waals surface area (Å²) in [5.41, 5.74) is 0. The molecule has 0 aliphatic heterocycles. The number of carbonyl (C=O) groups is 1. The monoisotopic (exact) mass is 547 g/mol. The fourth-order valence-corrected chi connectivity index (χ4v) is 4.26. The average molecular weight is 548 g/mol. The Hall–Kier alpha value is -1.02. The van der Waals surface area contributed by atoms with Crippen molar-refractivity contribution < 1.29 is 32.9 Å². The van der Waals surface area contributed by atoms with Gasteiger partial charge in [-0.2, -0.15) is 0 Å². The van der Waals surface area contributed by atoms with Crippen LogP contribution in [0.4, 0.5) is 0 Å². The van der Waals surface area contributed by atoms with E-state index in [4.69, 9.17) is 9.05 Å². The molecule has 0 heterocycles. The van der Waals surface area contributed by atoms with Gasteiger partial charge in [-0.05, 0) is 32.1 Å². The quantitative estimate of drug-likeness (QED) is 0.0602. The molecule has 0 saturated heterocycles. The van der Waals surface area contributed by atoms with Crippen LogP contribution >= 0.6 is 7.82 Å². The number of aliphatic hydroxyl groups is 1. The van der Waals surface area contributed by atoms with Gasteiger partial charge in [-0.1, -0.05) is 83.1 Å². The van der Waals surface area contributed by atoms with Gasteiger partial charge in [0, 0.05) is 6.42 Å². The highest BCUT2D eigenvalue weighted by Crippen LogP contribution is 2.43. The van der Waals surface area contributed by atoms with Gasteiger partial charge in [-0.15, -0.1) is 0 Å². The molecule has 0 aromatic carbocycles. The second-order valence-electron chi connectivity index (χ2n) is 10.8. The van der Waals surface area contributed by atoms with Crippen LogP contribution in [-0.2, 0) is 18.4 Å². The highest BCUT2D eigenvalue weighted by atomic mass is 31.2. The van der Waals surface area contributed by atoms with E-state index in [1.165, 1.54) is 38.5 Å². The molecule has 37 heavy (non-hydrogen) atoms. The molecule has 1 amide bonds. The zero-order valence-electron chi connectivity index (χ0n) is 24.2. The molecule has 0 aliphatic carbocycles. The first-order valence-corrected chi connectivity index (χ1v) is 15.7. The molecular formula is C28H56N2O6P+. The number of likely N-dealkylation sites (N-methyl/N-ethyl adjacent to an activating group) is 1. The minimum Gasteiger partial charge on any atom is -0.387 e. The van der Waals surface area contributed by atoms with Crippen molar-refractivity contribution in [1.82, 2.24) is 5.32 Å². The number of phosphoric acid groups is 1. The maximum absolute atomic E-state index is 12.3. The number of allylic oxidation sites excluding steroid dienone is 3. The number of amides is 1. The van der Waals surface area contributed by atoms with Gasteiger partial charge in [0.2, 0.25) is 5.91 Å². The van der Waals surface area contributed by atoms with E-state index in [0.29, 0.717) is 17.4 Å². The number of carbonyl (C=O) groups excluding carboxylic acids is 1. The van der Waals surface area contributed by atoms with E-state index in [0.717, 1.165) is 38.5 Å². The molecule has 0 radical (unpaired) electrons. The molecule has 0 spiro atoms. The largest absolute Gasteiger partial charge is 0.472 e. The number of quaternary nitrogens is 1. The van der Waals surface area contributed by atoms with Crippen LogP contribution in [0.5, 0.6) is 0 Å². The molecule has 3 unspecified atom stereocenters. The molecule has 0 aromatic rings. The van der Waals surface area contributed by atoms with Gasteiger partial charge < -0.3 is 19.8 Å². The molecule has 0 fully saturated rings. The van der Waals surface area contributed by atoms with Crippen LogP contribution < -0.4 is 5.32 Å². The lowest BCUT2D eigenvalue weighted by Crippen LogP contribution is -2.45. The van der Waals surface area contributed by atoms with Crippen molar-refractivity contribution >= 4 is 13.7 Å². The third kappa shape index (κ3) is 23.8. The Morgan fingerprint density at radius 3 is 2.16 bits per heavy atom. The van der Waals surface area contributed by atoms with Gasteiger partial charge >= 0.3 is 7.82 Å². The van der Waals surface area contributed by atoms with Gasteiger partial charge in [-0.25, -0.2) is 4.57 Å². The maximum Gasteiger partial charge on any atom is 0.472 e. The standard InChI is InChI=1S/C28H55N2O6P/c1-6-8-10-11-12-13-14-15-16-17-18-20-21-27(31)26(29-28(32)22-19-9-7-2)25-36-37(33,34)35-24-23-30(3,4)5/h15-16,20-21,26-27,31H,6-14,17-19,22-25H2,1-5H3,(H-,29,32,33,34)/p+1/b16-15+,21-20+. The second kappa shape index (κ2) is 21.9. The van der Waals surface area contributed by atoms with Gasteiger partial charge in [-0.3, -0.25) is 13.8 Å². The highest BCUT2D eigenvalue weighted by molar-refractivity contribution is 7.47. The first-order valence-electron chi connectivity index (χ1n) is 14.2. The fraction of sp³-hybridized carbons (Fsp3) is 0.821. The predicted octanol–water partition coefficient (Wildman–Crippen LogP) is 5.90. The summed E-state index contributed by atoms with van der Waals surface area (Å²) in [4.78, 5) is 22.4. The number of rotatable bonds is 24. The van der Waals surface area contributed by atoms with Gasteiger partial charge in [0.15, 0.2) is 0 Å². The fourth-order valence-electron chi connectivity index (χ4n) is 3.52. The summed E-state index contributed by atoms with van der Waals surface area (Å²) in [5, 5.41) is 13.4. The van der Waals surface area contributed by atoms with Crippen molar-refractivity contribution in [3.63, 3.8) is 0 Å². The Morgan fingerprint density at radius 2 is 1.49 bits per heavy atom. The number of phosphoric ester groups is 1. The smallest absolute Gasteiger partial charge is 0.387 e. The van der Waals surface area contributed by atoms with Crippen LogP contribution in [0.3, 0.4) is 0 Å². The van der Waals surface area contributed by atoms with E-state index in [1.54, 1.807) is 6.08 Å². The van der Waals surface area contributed by atoms with Gasteiger partial charge in [0.25, 0.3) is 0 Å². The molecule has 3 atom stereocenters. The molecule has 0 aromatic heterocycles. The number of aliphatic hydroxyl groups excluding tert-OH is 1. The Labute approximate surface area is 226 Å². The van der Waals surface area contributed by atoms with Crippen LogP contribution in [0.2, 0.25) is 0 Å². The first-order chi connectivity index (χ1) is 17.5. The van der Waals surface area contributed by atoms with Crippen molar-refractivity contribution in [2.24, 2.45) is 0 Å². The molecular weight excluding hydrogens is 491 g/mol. The maximum atomic E-state index is 12.3. The van der Waals surface area contributed by atoms with Gasteiger partial charge in [0.1, 0.15) is 13.2 Å². The lowest BCUT2D eigenvalue weighted by atomic mass is 10.1. The van der Waals surface area contributed by atoms with E-state index in [2.05, 4.69) is 31.3 Å². The number of nitrogens with zero attached hydrogens (tertiary/aromatic N) is 1. The van der Waals surface area contributed by atoms with Crippen molar-refractivity contribution in [3.05, 3.63) is 24.3 Å². The minimum absolute atomic E-state index is 0.0557. The topological polar surface area (TPSA) is 105 Å². The van der Waals surface area contributed by atoms with Crippen molar-refractivity contribution in [2.75, 3.05) is 40.9 Å². The lowest BCUT2D eigenvalue weighted by Gasteiger charge is -2.25. The van der Waals surface area contributed by atoms with E-state index in [-0.39, 0.29) is 19.1 Å². The predicted molar refractivity (Wildman–Crippen MR) is 152 cm³/mol. The van der Waals surface area contributed by atoms with Crippen molar-refractivity contribution in [2.45, 2.75) is 109 Å². The molecule has 218 valence electrons. The van der Waals surface area contributed by atoms with E-state index in [1.807, 2.05) is 27.2 Å². The second-order valence-corrected chi connectivity index (χ2v) is 12.2. The van der Waals surface area contributed by atoms with Crippen LogP contribution in [0.25, 0.3) is 0 Å². The number of hydrogen-bond acceptors (Lipinski definition) is 5. The molecule has 0 bridgehead atoms.